The first-order chi connectivity index (χ1) is 7.65. The van der Waals surface area contributed by atoms with Gasteiger partial charge in [-0.2, -0.15) is 5.26 Å². The summed E-state index contributed by atoms with van der Waals surface area (Å²) in [4.78, 5) is 15.0. The molecule has 0 amide bonds. The average Bonchev–Trinajstić information content (AvgIpc) is 2.28. The van der Waals surface area contributed by atoms with E-state index < -0.39 is 0 Å². The molecule has 5 heteroatoms. The van der Waals surface area contributed by atoms with Gasteiger partial charge >= 0.3 is 5.97 Å². The zero-order chi connectivity index (χ0) is 12.0. The minimum Gasteiger partial charge on any atom is -0.469 e. The van der Waals surface area contributed by atoms with E-state index in [1.54, 1.807) is 12.1 Å². The second kappa shape index (κ2) is 5.71. The molecule has 0 fully saturated rings. The molecule has 0 aromatic carbocycles. The Balaban J connectivity index is 2.57. The molecule has 0 saturated carbocycles. The van der Waals surface area contributed by atoms with Crippen molar-refractivity contribution < 1.29 is 9.53 Å². The van der Waals surface area contributed by atoms with Gasteiger partial charge in [0.15, 0.2) is 0 Å². The van der Waals surface area contributed by atoms with Crippen molar-refractivity contribution in [2.75, 3.05) is 19.0 Å². The van der Waals surface area contributed by atoms with E-state index in [9.17, 15) is 4.79 Å². The lowest BCUT2D eigenvalue weighted by Gasteiger charge is -2.05. The predicted molar refractivity (Wildman–Crippen MR) is 58.8 cm³/mol. The fraction of sp³-hybridized carbons (Fsp3) is 0.364. The number of ether oxygens (including phenoxy) is 1. The number of nitrogens with zero attached hydrogens (tertiary/aromatic N) is 2. The van der Waals surface area contributed by atoms with Crippen LogP contribution in [0.5, 0.6) is 0 Å². The molecule has 84 valence electrons. The van der Waals surface area contributed by atoms with Crippen molar-refractivity contribution in [3.8, 4) is 6.07 Å². The van der Waals surface area contributed by atoms with Crippen molar-refractivity contribution in [1.29, 1.82) is 5.26 Å². The standard InChI is InChI=1S/C11H13N3O2/c1-8-5-9(7-12)6-10(14-8)13-4-3-11(15)16-2/h5-6H,3-4H2,1-2H3,(H,13,14). The van der Waals surface area contributed by atoms with Crippen LogP contribution >= 0.6 is 0 Å². The van der Waals surface area contributed by atoms with Crippen molar-refractivity contribution in [2.45, 2.75) is 13.3 Å². The number of methoxy groups -OCH3 is 1. The van der Waals surface area contributed by atoms with Gasteiger partial charge in [0.05, 0.1) is 25.2 Å². The number of nitriles is 1. The van der Waals surface area contributed by atoms with Crippen LogP contribution in [0.3, 0.4) is 0 Å². The molecule has 0 aliphatic carbocycles. The maximum atomic E-state index is 10.9. The van der Waals surface area contributed by atoms with Gasteiger partial charge in [-0.05, 0) is 19.1 Å². The van der Waals surface area contributed by atoms with Gasteiger partial charge in [-0.1, -0.05) is 0 Å². The van der Waals surface area contributed by atoms with Gasteiger partial charge in [-0.25, -0.2) is 4.98 Å². The maximum absolute atomic E-state index is 10.9. The largest absolute Gasteiger partial charge is 0.469 e. The zero-order valence-corrected chi connectivity index (χ0v) is 9.28. The van der Waals surface area contributed by atoms with E-state index in [4.69, 9.17) is 5.26 Å². The second-order valence-corrected chi connectivity index (χ2v) is 3.25. The van der Waals surface area contributed by atoms with Gasteiger partial charge in [0.25, 0.3) is 0 Å². The fourth-order valence-electron chi connectivity index (χ4n) is 1.22. The number of pyridine rings is 1. The van der Waals surface area contributed by atoms with Gasteiger partial charge in [-0.15, -0.1) is 0 Å². The number of aromatic nitrogens is 1. The van der Waals surface area contributed by atoms with Crippen molar-refractivity contribution in [3.05, 3.63) is 23.4 Å². The molecule has 0 bridgehead atoms. The van der Waals surface area contributed by atoms with Crippen molar-refractivity contribution in [1.82, 2.24) is 4.98 Å². The summed E-state index contributed by atoms with van der Waals surface area (Å²) in [7, 11) is 1.35. The van der Waals surface area contributed by atoms with Crippen LogP contribution in [-0.2, 0) is 9.53 Å². The Morgan fingerprint density at radius 3 is 3.00 bits per heavy atom. The maximum Gasteiger partial charge on any atom is 0.307 e. The lowest BCUT2D eigenvalue weighted by atomic mass is 10.2. The number of carbonyl (C=O) groups excluding carboxylic acids is 1. The van der Waals surface area contributed by atoms with Gasteiger partial charge in [-0.3, -0.25) is 4.79 Å². The van der Waals surface area contributed by atoms with E-state index >= 15 is 0 Å². The van der Waals surface area contributed by atoms with Crippen LogP contribution in [0.25, 0.3) is 0 Å². The third-order valence-electron chi connectivity index (χ3n) is 1.95. The number of carbonyl (C=O) groups is 1. The van der Waals surface area contributed by atoms with Gasteiger partial charge in [0.2, 0.25) is 0 Å². The van der Waals surface area contributed by atoms with Crippen LogP contribution < -0.4 is 5.32 Å². The summed E-state index contributed by atoms with van der Waals surface area (Å²) < 4.78 is 4.51. The fourth-order valence-corrected chi connectivity index (χ4v) is 1.22. The molecule has 1 aromatic heterocycles. The number of nitrogens with one attached hydrogen (secondary N) is 1. The monoisotopic (exact) mass is 219 g/mol. The number of esters is 1. The van der Waals surface area contributed by atoms with E-state index in [0.29, 0.717) is 17.9 Å². The van der Waals surface area contributed by atoms with Crippen LogP contribution in [0.4, 0.5) is 5.82 Å². The Morgan fingerprint density at radius 2 is 2.38 bits per heavy atom. The molecule has 1 rings (SSSR count). The smallest absolute Gasteiger partial charge is 0.307 e. The highest BCUT2D eigenvalue weighted by Gasteiger charge is 2.02. The van der Waals surface area contributed by atoms with Crippen LogP contribution in [0.1, 0.15) is 17.7 Å². The van der Waals surface area contributed by atoms with Crippen LogP contribution in [0, 0.1) is 18.3 Å². The third-order valence-corrected chi connectivity index (χ3v) is 1.95. The Hall–Kier alpha value is -2.09. The highest BCUT2D eigenvalue weighted by molar-refractivity contribution is 5.69. The first-order valence-corrected chi connectivity index (χ1v) is 4.85. The van der Waals surface area contributed by atoms with E-state index in [0.717, 1.165) is 5.69 Å². The minimum absolute atomic E-state index is 0.272. The molecule has 0 spiro atoms. The molecule has 16 heavy (non-hydrogen) atoms. The Morgan fingerprint density at radius 1 is 1.62 bits per heavy atom. The topological polar surface area (TPSA) is 75.0 Å². The molecule has 0 atom stereocenters. The van der Waals surface area contributed by atoms with Crippen LogP contribution in [0.15, 0.2) is 12.1 Å². The minimum atomic E-state index is -0.277. The number of anilines is 1. The molecular formula is C11H13N3O2. The summed E-state index contributed by atoms with van der Waals surface area (Å²) in [5.41, 5.74) is 1.31. The zero-order valence-electron chi connectivity index (χ0n) is 9.28. The number of aryl methyl sites for hydroxylation is 1. The van der Waals surface area contributed by atoms with E-state index in [1.807, 2.05) is 13.0 Å². The van der Waals surface area contributed by atoms with E-state index in [1.165, 1.54) is 7.11 Å². The van der Waals surface area contributed by atoms with Crippen LogP contribution in [-0.4, -0.2) is 24.6 Å². The molecule has 0 radical (unpaired) electrons. The summed E-state index contributed by atoms with van der Waals surface area (Å²) >= 11 is 0. The molecule has 0 aliphatic heterocycles. The molecule has 0 unspecified atom stereocenters. The van der Waals surface area contributed by atoms with E-state index in [2.05, 4.69) is 15.0 Å². The van der Waals surface area contributed by atoms with Gasteiger partial charge < -0.3 is 10.1 Å². The summed E-state index contributed by atoms with van der Waals surface area (Å²) in [6.07, 6.45) is 0.272. The second-order valence-electron chi connectivity index (χ2n) is 3.25. The lowest BCUT2D eigenvalue weighted by Crippen LogP contribution is -2.10. The lowest BCUT2D eigenvalue weighted by molar-refractivity contribution is -0.140. The quantitative estimate of drug-likeness (QED) is 0.771. The SMILES string of the molecule is COC(=O)CCNc1cc(C#N)cc(C)n1. The summed E-state index contributed by atoms with van der Waals surface area (Å²) in [5.74, 6) is 0.320. The van der Waals surface area contributed by atoms with Gasteiger partial charge in [0, 0.05) is 12.2 Å². The van der Waals surface area contributed by atoms with Crippen molar-refractivity contribution in [3.63, 3.8) is 0 Å². The Labute approximate surface area is 94.1 Å². The number of rotatable bonds is 4. The normalized spacial score (nSPS) is 9.31. The number of hydrogen-bond acceptors (Lipinski definition) is 5. The Kier molecular flexibility index (Phi) is 4.28. The van der Waals surface area contributed by atoms with Crippen LogP contribution in [0.2, 0.25) is 0 Å². The van der Waals surface area contributed by atoms with Gasteiger partial charge in [0.1, 0.15) is 5.82 Å². The molecule has 1 N–H and O–H groups in total. The highest BCUT2D eigenvalue weighted by Crippen LogP contribution is 2.08. The highest BCUT2D eigenvalue weighted by atomic mass is 16.5. The van der Waals surface area contributed by atoms with Crippen molar-refractivity contribution in [2.24, 2.45) is 0 Å². The van der Waals surface area contributed by atoms with Crippen molar-refractivity contribution >= 4 is 11.8 Å². The molecule has 0 saturated heterocycles. The molecule has 1 heterocycles. The third kappa shape index (κ3) is 3.58. The summed E-state index contributed by atoms with van der Waals surface area (Å²) in [5, 5.41) is 11.7. The molecule has 1 aromatic rings. The molecule has 0 aliphatic rings. The summed E-state index contributed by atoms with van der Waals surface area (Å²) in [6, 6.07) is 5.39. The Bertz CT molecular complexity index is 424. The first-order valence-electron chi connectivity index (χ1n) is 4.85. The molecule has 5 nitrogen and oxygen atoms in total. The summed E-state index contributed by atoms with van der Waals surface area (Å²) in [6.45, 7) is 2.25. The average molecular weight is 219 g/mol. The first kappa shape index (κ1) is 12.0. The molecular weight excluding hydrogens is 206 g/mol. The van der Waals surface area contributed by atoms with E-state index in [-0.39, 0.29) is 12.4 Å². The number of hydrogen-bond donors (Lipinski definition) is 1. The predicted octanol–water partition coefficient (Wildman–Crippen LogP) is 1.24.